The Morgan fingerprint density at radius 1 is 0.524 bits per heavy atom. The molecular formula is C19H16S2. The molecule has 2 heteroatoms. The minimum atomic E-state index is 0.147. The van der Waals surface area contributed by atoms with Gasteiger partial charge in [0.2, 0.25) is 0 Å². The highest BCUT2D eigenvalue weighted by atomic mass is 32.1. The molecule has 3 aromatic carbocycles. The third-order valence-electron chi connectivity index (χ3n) is 3.63. The second-order valence-electron chi connectivity index (χ2n) is 4.96. The summed E-state index contributed by atoms with van der Waals surface area (Å²) in [5, 5.41) is 0. The molecule has 0 amide bonds. The van der Waals surface area contributed by atoms with Crippen molar-refractivity contribution in [1.29, 1.82) is 0 Å². The van der Waals surface area contributed by atoms with E-state index in [4.69, 9.17) is 0 Å². The summed E-state index contributed by atoms with van der Waals surface area (Å²) in [7, 11) is 0. The van der Waals surface area contributed by atoms with E-state index in [0.717, 1.165) is 9.79 Å². The highest BCUT2D eigenvalue weighted by molar-refractivity contribution is 7.80. The third kappa shape index (κ3) is 3.02. The maximum absolute atomic E-state index is 4.65. The van der Waals surface area contributed by atoms with Gasteiger partial charge < -0.3 is 0 Å². The molecule has 0 bridgehead atoms. The van der Waals surface area contributed by atoms with Gasteiger partial charge >= 0.3 is 0 Å². The van der Waals surface area contributed by atoms with Gasteiger partial charge in [0.25, 0.3) is 0 Å². The highest BCUT2D eigenvalue weighted by Gasteiger charge is 2.20. The first-order valence-electron chi connectivity index (χ1n) is 6.88. The van der Waals surface area contributed by atoms with Gasteiger partial charge in [0.05, 0.1) is 0 Å². The number of hydrogen-bond acceptors (Lipinski definition) is 2. The smallest absolute Gasteiger partial charge is 0.0361 e. The Morgan fingerprint density at radius 3 is 1.43 bits per heavy atom. The molecule has 0 saturated carbocycles. The van der Waals surface area contributed by atoms with E-state index in [1.807, 2.05) is 30.3 Å². The van der Waals surface area contributed by atoms with E-state index < -0.39 is 0 Å². The van der Waals surface area contributed by atoms with E-state index in [0.29, 0.717) is 0 Å². The zero-order chi connectivity index (χ0) is 14.7. The van der Waals surface area contributed by atoms with E-state index in [9.17, 15) is 0 Å². The molecule has 3 rings (SSSR count). The Labute approximate surface area is 136 Å². The van der Waals surface area contributed by atoms with Crippen molar-refractivity contribution in [2.45, 2.75) is 15.7 Å². The molecule has 0 aliphatic rings. The van der Waals surface area contributed by atoms with Crippen molar-refractivity contribution in [2.24, 2.45) is 0 Å². The summed E-state index contributed by atoms with van der Waals surface area (Å²) in [5.74, 6) is 0.147. The average molecular weight is 308 g/mol. The summed E-state index contributed by atoms with van der Waals surface area (Å²) < 4.78 is 0. The zero-order valence-electron chi connectivity index (χ0n) is 11.5. The topological polar surface area (TPSA) is 0 Å². The van der Waals surface area contributed by atoms with Gasteiger partial charge in [0.1, 0.15) is 0 Å². The molecule has 0 radical (unpaired) electrons. The highest BCUT2D eigenvalue weighted by Crippen LogP contribution is 2.37. The molecule has 0 atom stereocenters. The fourth-order valence-electron chi connectivity index (χ4n) is 2.64. The lowest BCUT2D eigenvalue weighted by atomic mass is 9.85. The Morgan fingerprint density at radius 2 is 0.952 bits per heavy atom. The molecule has 0 aromatic heterocycles. The van der Waals surface area contributed by atoms with Crippen LogP contribution in [0.2, 0.25) is 0 Å². The van der Waals surface area contributed by atoms with Gasteiger partial charge in [-0.15, -0.1) is 25.3 Å². The average Bonchev–Trinajstić information content (AvgIpc) is 2.52. The lowest BCUT2D eigenvalue weighted by molar-refractivity contribution is 0.920. The molecule has 0 aliphatic carbocycles. The van der Waals surface area contributed by atoms with Crippen LogP contribution in [-0.2, 0) is 0 Å². The molecule has 0 spiro atoms. The van der Waals surface area contributed by atoms with Gasteiger partial charge in [-0.05, 0) is 28.8 Å². The van der Waals surface area contributed by atoms with Crippen molar-refractivity contribution in [3.8, 4) is 0 Å². The normalized spacial score (nSPS) is 10.8. The molecule has 0 N–H and O–H groups in total. The fraction of sp³-hybridized carbons (Fsp3) is 0.0526. The Kier molecular flexibility index (Phi) is 4.37. The van der Waals surface area contributed by atoms with E-state index in [1.54, 1.807) is 0 Å². The van der Waals surface area contributed by atoms with E-state index in [1.165, 1.54) is 16.7 Å². The van der Waals surface area contributed by atoms with Crippen LogP contribution in [0.5, 0.6) is 0 Å². The minimum Gasteiger partial charge on any atom is -0.143 e. The van der Waals surface area contributed by atoms with Crippen LogP contribution in [0.3, 0.4) is 0 Å². The first-order chi connectivity index (χ1) is 10.3. The van der Waals surface area contributed by atoms with Crippen LogP contribution in [-0.4, -0.2) is 0 Å². The lowest BCUT2D eigenvalue weighted by Crippen LogP contribution is -2.05. The second-order valence-corrected chi connectivity index (χ2v) is 5.92. The Bertz CT molecular complexity index is 690. The van der Waals surface area contributed by atoms with Crippen LogP contribution in [0.25, 0.3) is 0 Å². The molecule has 0 heterocycles. The summed E-state index contributed by atoms with van der Waals surface area (Å²) in [5.41, 5.74) is 3.66. The summed E-state index contributed by atoms with van der Waals surface area (Å²) in [6, 6.07) is 27.0. The second kappa shape index (κ2) is 6.42. The van der Waals surface area contributed by atoms with Crippen molar-refractivity contribution in [1.82, 2.24) is 0 Å². The van der Waals surface area contributed by atoms with Crippen molar-refractivity contribution >= 4 is 25.3 Å². The summed E-state index contributed by atoms with van der Waals surface area (Å²) in [6.07, 6.45) is 0. The van der Waals surface area contributed by atoms with Crippen molar-refractivity contribution in [2.75, 3.05) is 0 Å². The molecule has 21 heavy (non-hydrogen) atoms. The summed E-state index contributed by atoms with van der Waals surface area (Å²) in [6.45, 7) is 0. The number of hydrogen-bond donors (Lipinski definition) is 2. The molecule has 0 fully saturated rings. The van der Waals surface area contributed by atoms with Gasteiger partial charge in [0, 0.05) is 15.7 Å². The van der Waals surface area contributed by atoms with Gasteiger partial charge in [0.15, 0.2) is 0 Å². The molecule has 0 aliphatic heterocycles. The molecular weight excluding hydrogens is 292 g/mol. The van der Waals surface area contributed by atoms with Crippen LogP contribution in [0.1, 0.15) is 22.6 Å². The molecule has 0 unspecified atom stereocenters. The third-order valence-corrected chi connectivity index (χ3v) is 4.44. The SMILES string of the molecule is Sc1ccccc1C(c1ccccc1)c1ccccc1S. The van der Waals surface area contributed by atoms with Gasteiger partial charge in [-0.2, -0.15) is 0 Å². The van der Waals surface area contributed by atoms with Crippen LogP contribution < -0.4 is 0 Å². The molecule has 0 saturated heterocycles. The van der Waals surface area contributed by atoms with Crippen LogP contribution in [0.15, 0.2) is 88.7 Å². The molecule has 104 valence electrons. The van der Waals surface area contributed by atoms with Gasteiger partial charge in [-0.25, -0.2) is 0 Å². The Hall–Kier alpha value is -1.64. The molecule has 3 aromatic rings. The monoisotopic (exact) mass is 308 g/mol. The van der Waals surface area contributed by atoms with Crippen LogP contribution >= 0.6 is 25.3 Å². The van der Waals surface area contributed by atoms with Crippen LogP contribution in [0.4, 0.5) is 0 Å². The van der Waals surface area contributed by atoms with E-state index in [-0.39, 0.29) is 5.92 Å². The lowest BCUT2D eigenvalue weighted by Gasteiger charge is -2.21. The van der Waals surface area contributed by atoms with E-state index in [2.05, 4.69) is 73.8 Å². The number of thiol groups is 2. The predicted octanol–water partition coefficient (Wildman–Crippen LogP) is 5.44. The van der Waals surface area contributed by atoms with Crippen LogP contribution in [0, 0.1) is 0 Å². The molecule has 0 nitrogen and oxygen atoms in total. The van der Waals surface area contributed by atoms with Gasteiger partial charge in [-0.1, -0.05) is 66.7 Å². The largest absolute Gasteiger partial charge is 0.143 e. The van der Waals surface area contributed by atoms with E-state index >= 15 is 0 Å². The maximum Gasteiger partial charge on any atom is 0.0361 e. The Balaban J connectivity index is 2.22. The van der Waals surface area contributed by atoms with Crippen molar-refractivity contribution in [3.05, 3.63) is 95.6 Å². The standard InChI is InChI=1S/C19H16S2/c20-17-12-6-4-10-15(17)19(14-8-2-1-3-9-14)16-11-5-7-13-18(16)21/h1-13,19-21H. The fourth-order valence-corrected chi connectivity index (χ4v) is 3.21. The first kappa shape index (κ1) is 14.3. The predicted molar refractivity (Wildman–Crippen MR) is 94.8 cm³/mol. The maximum atomic E-state index is 4.65. The van der Waals surface area contributed by atoms with Crippen molar-refractivity contribution < 1.29 is 0 Å². The quantitative estimate of drug-likeness (QED) is 0.467. The first-order valence-corrected chi connectivity index (χ1v) is 7.77. The van der Waals surface area contributed by atoms with Crippen molar-refractivity contribution in [3.63, 3.8) is 0 Å². The zero-order valence-corrected chi connectivity index (χ0v) is 13.3. The summed E-state index contributed by atoms with van der Waals surface area (Å²) >= 11 is 9.29. The number of rotatable bonds is 3. The number of benzene rings is 3. The summed E-state index contributed by atoms with van der Waals surface area (Å²) in [4.78, 5) is 2.01. The van der Waals surface area contributed by atoms with Gasteiger partial charge in [-0.3, -0.25) is 0 Å². The minimum absolute atomic E-state index is 0.147.